The Balaban J connectivity index is 0.00000182. The van der Waals surface area contributed by atoms with Gasteiger partial charge in [-0.1, -0.05) is 48.5 Å². The summed E-state index contributed by atoms with van der Waals surface area (Å²) in [6.07, 6.45) is 1.86. The lowest BCUT2D eigenvalue weighted by molar-refractivity contribution is 0.520. The number of hydrogen-bond acceptors (Lipinski definition) is 2. The van der Waals surface area contributed by atoms with Crippen molar-refractivity contribution in [3.63, 3.8) is 0 Å². The zero-order valence-electron chi connectivity index (χ0n) is 15.4. The van der Waals surface area contributed by atoms with Crippen LogP contribution < -0.4 is 11.1 Å². The highest BCUT2D eigenvalue weighted by Crippen LogP contribution is 2.21. The standard InChI is InChI=1S/C22H25FN2.2ClH/c1-16(19-9-8-17-5-2-3-6-20(17)15-19)25-14-4-7-22(24)18-10-12-21(23)13-11-18;;/h2-3,5-6,8-13,15-16,22,25H,4,7,14,24H2,1H3;2*1H. The van der Waals surface area contributed by atoms with E-state index in [4.69, 9.17) is 5.73 Å². The van der Waals surface area contributed by atoms with Crippen molar-refractivity contribution in [1.82, 2.24) is 5.32 Å². The molecule has 27 heavy (non-hydrogen) atoms. The molecule has 3 rings (SSSR count). The van der Waals surface area contributed by atoms with Gasteiger partial charge in [0.2, 0.25) is 0 Å². The first-order chi connectivity index (χ1) is 12.1. The van der Waals surface area contributed by atoms with E-state index in [1.807, 2.05) is 0 Å². The molecule has 0 spiro atoms. The van der Waals surface area contributed by atoms with Gasteiger partial charge in [-0.25, -0.2) is 4.39 Å². The third-order valence-electron chi connectivity index (χ3n) is 4.71. The first-order valence-electron chi connectivity index (χ1n) is 8.86. The summed E-state index contributed by atoms with van der Waals surface area (Å²) in [7, 11) is 0. The van der Waals surface area contributed by atoms with Crippen LogP contribution in [-0.2, 0) is 0 Å². The summed E-state index contributed by atoms with van der Waals surface area (Å²) in [6.45, 7) is 3.09. The van der Waals surface area contributed by atoms with Crippen molar-refractivity contribution in [2.45, 2.75) is 31.8 Å². The summed E-state index contributed by atoms with van der Waals surface area (Å²) in [4.78, 5) is 0. The van der Waals surface area contributed by atoms with Gasteiger partial charge in [0, 0.05) is 12.1 Å². The minimum Gasteiger partial charge on any atom is -0.324 e. The molecule has 0 fully saturated rings. The predicted octanol–water partition coefficient (Wildman–Crippen LogP) is 5.95. The second-order valence-electron chi connectivity index (χ2n) is 6.58. The lowest BCUT2D eigenvalue weighted by Gasteiger charge is -2.16. The number of nitrogens with two attached hydrogens (primary N) is 1. The van der Waals surface area contributed by atoms with Crippen LogP contribution in [0.3, 0.4) is 0 Å². The van der Waals surface area contributed by atoms with Crippen LogP contribution in [0.25, 0.3) is 10.8 Å². The first kappa shape index (κ1) is 23.4. The summed E-state index contributed by atoms with van der Waals surface area (Å²) < 4.78 is 13.0. The number of rotatable bonds is 7. The largest absolute Gasteiger partial charge is 0.324 e. The van der Waals surface area contributed by atoms with Crippen LogP contribution in [0.5, 0.6) is 0 Å². The molecular formula is C22H27Cl2FN2. The Kier molecular flexibility index (Phi) is 9.75. The molecular weight excluding hydrogens is 382 g/mol. The van der Waals surface area contributed by atoms with E-state index >= 15 is 0 Å². The third-order valence-corrected chi connectivity index (χ3v) is 4.71. The van der Waals surface area contributed by atoms with Crippen molar-refractivity contribution in [2.24, 2.45) is 5.73 Å². The van der Waals surface area contributed by atoms with Crippen LogP contribution in [0.1, 0.15) is 43.0 Å². The second kappa shape index (κ2) is 11.3. The van der Waals surface area contributed by atoms with Crippen LogP contribution in [0, 0.1) is 5.82 Å². The quantitative estimate of drug-likeness (QED) is 0.473. The highest BCUT2D eigenvalue weighted by atomic mass is 35.5. The Morgan fingerprint density at radius 2 is 1.52 bits per heavy atom. The Labute approximate surface area is 173 Å². The van der Waals surface area contributed by atoms with Gasteiger partial charge in [0.25, 0.3) is 0 Å². The van der Waals surface area contributed by atoms with Crippen molar-refractivity contribution in [3.05, 3.63) is 83.7 Å². The molecule has 0 aliphatic carbocycles. The fourth-order valence-corrected chi connectivity index (χ4v) is 3.11. The van der Waals surface area contributed by atoms with E-state index in [1.165, 1.54) is 28.5 Å². The van der Waals surface area contributed by atoms with E-state index in [0.29, 0.717) is 6.04 Å². The molecule has 0 amide bonds. The molecule has 0 radical (unpaired) electrons. The van der Waals surface area contributed by atoms with Crippen LogP contribution in [-0.4, -0.2) is 6.54 Å². The van der Waals surface area contributed by atoms with Gasteiger partial charge in [-0.3, -0.25) is 0 Å². The molecule has 2 unspecified atom stereocenters. The van der Waals surface area contributed by atoms with Crippen LogP contribution in [0.2, 0.25) is 0 Å². The van der Waals surface area contributed by atoms with Gasteiger partial charge in [-0.2, -0.15) is 0 Å². The minimum atomic E-state index is -0.221. The summed E-state index contributed by atoms with van der Waals surface area (Å²) in [5, 5.41) is 6.10. The van der Waals surface area contributed by atoms with Gasteiger partial charge < -0.3 is 11.1 Å². The maximum Gasteiger partial charge on any atom is 0.123 e. The Hall–Kier alpha value is -1.65. The monoisotopic (exact) mass is 408 g/mol. The Morgan fingerprint density at radius 3 is 2.22 bits per heavy atom. The van der Waals surface area contributed by atoms with E-state index in [-0.39, 0.29) is 36.7 Å². The summed E-state index contributed by atoms with van der Waals surface area (Å²) in [6, 6.07) is 21.7. The number of benzene rings is 3. The normalized spacial score (nSPS) is 12.7. The highest BCUT2D eigenvalue weighted by Gasteiger charge is 2.08. The van der Waals surface area contributed by atoms with Crippen molar-refractivity contribution >= 4 is 35.6 Å². The van der Waals surface area contributed by atoms with E-state index < -0.39 is 0 Å². The van der Waals surface area contributed by atoms with E-state index in [9.17, 15) is 4.39 Å². The molecule has 3 N–H and O–H groups in total. The molecule has 146 valence electrons. The van der Waals surface area contributed by atoms with Crippen LogP contribution >= 0.6 is 24.8 Å². The molecule has 0 aliphatic heterocycles. The molecule has 2 atom stereocenters. The molecule has 3 aromatic rings. The zero-order valence-corrected chi connectivity index (χ0v) is 17.0. The van der Waals surface area contributed by atoms with E-state index in [2.05, 4.69) is 54.7 Å². The smallest absolute Gasteiger partial charge is 0.123 e. The summed E-state index contributed by atoms with van der Waals surface area (Å²) >= 11 is 0. The lowest BCUT2D eigenvalue weighted by Crippen LogP contribution is -2.21. The van der Waals surface area contributed by atoms with Gasteiger partial charge in [0.15, 0.2) is 0 Å². The average Bonchev–Trinajstić information content (AvgIpc) is 2.65. The molecule has 0 bridgehead atoms. The first-order valence-corrected chi connectivity index (χ1v) is 8.86. The molecule has 0 saturated heterocycles. The molecule has 3 aromatic carbocycles. The molecule has 0 saturated carbocycles. The van der Waals surface area contributed by atoms with Crippen molar-refractivity contribution in [2.75, 3.05) is 6.54 Å². The van der Waals surface area contributed by atoms with E-state index in [1.54, 1.807) is 12.1 Å². The number of hydrogen-bond donors (Lipinski definition) is 2. The summed E-state index contributed by atoms with van der Waals surface area (Å²) in [5.74, 6) is -0.221. The number of nitrogens with one attached hydrogen (secondary N) is 1. The van der Waals surface area contributed by atoms with Gasteiger partial charge in [-0.15, -0.1) is 24.8 Å². The predicted molar refractivity (Wildman–Crippen MR) is 117 cm³/mol. The van der Waals surface area contributed by atoms with Gasteiger partial charge >= 0.3 is 0 Å². The van der Waals surface area contributed by atoms with Gasteiger partial charge in [0.05, 0.1) is 0 Å². The second-order valence-corrected chi connectivity index (χ2v) is 6.58. The lowest BCUT2D eigenvalue weighted by atomic mass is 10.0. The Bertz CT molecular complexity index is 824. The highest BCUT2D eigenvalue weighted by molar-refractivity contribution is 5.85. The topological polar surface area (TPSA) is 38.0 Å². The summed E-state index contributed by atoms with van der Waals surface area (Å²) in [5.41, 5.74) is 8.47. The fourth-order valence-electron chi connectivity index (χ4n) is 3.11. The van der Waals surface area contributed by atoms with Crippen LogP contribution in [0.4, 0.5) is 4.39 Å². The number of fused-ring (bicyclic) bond motifs is 1. The third kappa shape index (κ3) is 6.47. The maximum atomic E-state index is 13.0. The zero-order chi connectivity index (χ0) is 17.6. The van der Waals surface area contributed by atoms with Gasteiger partial charge in [-0.05, 0) is 66.4 Å². The molecule has 2 nitrogen and oxygen atoms in total. The van der Waals surface area contributed by atoms with Crippen LogP contribution in [0.15, 0.2) is 66.7 Å². The minimum absolute atomic E-state index is 0. The molecule has 0 aromatic heterocycles. The maximum absolute atomic E-state index is 13.0. The average molecular weight is 409 g/mol. The Morgan fingerprint density at radius 1 is 0.889 bits per heavy atom. The molecule has 5 heteroatoms. The fraction of sp³-hybridized carbons (Fsp3) is 0.273. The SMILES string of the molecule is CC(NCCCC(N)c1ccc(F)cc1)c1ccc2ccccc2c1.Cl.Cl. The van der Waals surface area contributed by atoms with Crippen molar-refractivity contribution in [1.29, 1.82) is 0 Å². The van der Waals surface area contributed by atoms with Crippen molar-refractivity contribution < 1.29 is 4.39 Å². The molecule has 0 heterocycles. The number of halogens is 3. The van der Waals surface area contributed by atoms with Crippen molar-refractivity contribution in [3.8, 4) is 0 Å². The molecule has 0 aliphatic rings. The van der Waals surface area contributed by atoms with Gasteiger partial charge in [0.1, 0.15) is 5.82 Å². The van der Waals surface area contributed by atoms with E-state index in [0.717, 1.165) is 24.9 Å².